The Morgan fingerprint density at radius 2 is 2.06 bits per heavy atom. The summed E-state index contributed by atoms with van der Waals surface area (Å²) in [5, 5.41) is 0. The van der Waals surface area contributed by atoms with E-state index >= 15 is 0 Å². The number of nitrogens with two attached hydrogens (primary N) is 1. The summed E-state index contributed by atoms with van der Waals surface area (Å²) in [5.41, 5.74) is 4.26. The van der Waals surface area contributed by atoms with Gasteiger partial charge in [-0.25, -0.2) is 0 Å². The maximum absolute atomic E-state index is 5.67. The lowest BCUT2D eigenvalue weighted by atomic mass is 9.95. The van der Waals surface area contributed by atoms with E-state index in [0.717, 1.165) is 6.42 Å². The molecule has 0 fully saturated rings. The monoisotopic (exact) mass is 238 g/mol. The summed E-state index contributed by atoms with van der Waals surface area (Å²) < 4.78 is 0. The van der Waals surface area contributed by atoms with Gasteiger partial charge in [0.25, 0.3) is 0 Å². The van der Waals surface area contributed by atoms with E-state index in [1.54, 1.807) is 11.8 Å². The normalized spacial score (nSPS) is 14.8. The van der Waals surface area contributed by atoms with Crippen LogP contribution in [0.15, 0.2) is 29.2 Å². The lowest BCUT2D eigenvalue weighted by Crippen LogP contribution is -2.29. The summed E-state index contributed by atoms with van der Waals surface area (Å²) in [5.74, 6) is 6.36. The van der Waals surface area contributed by atoms with Crippen LogP contribution in [0.4, 0.5) is 0 Å². The molecule has 0 aromatic heterocycles. The molecule has 0 saturated heterocycles. The fourth-order valence-electron chi connectivity index (χ4n) is 1.81. The third-order valence-electron chi connectivity index (χ3n) is 3.05. The molecule has 0 aliphatic heterocycles. The quantitative estimate of drug-likeness (QED) is 0.453. The van der Waals surface area contributed by atoms with Crippen LogP contribution in [-0.4, -0.2) is 6.26 Å². The molecule has 3 N–H and O–H groups in total. The Kier molecular flexibility index (Phi) is 5.88. The fraction of sp³-hybridized carbons (Fsp3) is 0.538. The summed E-state index contributed by atoms with van der Waals surface area (Å²) in [6.45, 7) is 4.49. The van der Waals surface area contributed by atoms with Crippen molar-refractivity contribution in [1.29, 1.82) is 0 Å². The Labute approximate surface area is 103 Å². The number of benzene rings is 1. The highest BCUT2D eigenvalue weighted by Crippen LogP contribution is 2.29. The van der Waals surface area contributed by atoms with Crippen LogP contribution in [0.5, 0.6) is 0 Å². The molecule has 0 radical (unpaired) electrons. The summed E-state index contributed by atoms with van der Waals surface area (Å²) >= 11 is 1.78. The first-order chi connectivity index (χ1) is 7.72. The standard InChI is InChI=1S/C13H22N2S/c1-4-10(2)9-12(15-14)11-7-5-6-8-13(11)16-3/h5-8,10,12,15H,4,9,14H2,1-3H3. The first-order valence-corrected chi connectivity index (χ1v) is 7.04. The summed E-state index contributed by atoms with van der Waals surface area (Å²) in [4.78, 5) is 1.31. The number of hydrogen-bond donors (Lipinski definition) is 2. The van der Waals surface area contributed by atoms with Crippen molar-refractivity contribution in [3.05, 3.63) is 29.8 Å². The van der Waals surface area contributed by atoms with Crippen molar-refractivity contribution in [2.75, 3.05) is 6.26 Å². The molecule has 2 atom stereocenters. The SMILES string of the molecule is CCC(C)CC(NN)c1ccccc1SC. The first kappa shape index (κ1) is 13.6. The molecule has 1 aromatic rings. The zero-order chi connectivity index (χ0) is 12.0. The molecule has 0 bridgehead atoms. The lowest BCUT2D eigenvalue weighted by Gasteiger charge is -2.21. The molecular weight excluding hydrogens is 216 g/mol. The summed E-state index contributed by atoms with van der Waals surface area (Å²) in [7, 11) is 0. The molecule has 0 aliphatic carbocycles. The molecule has 0 aliphatic rings. The molecule has 2 unspecified atom stereocenters. The zero-order valence-electron chi connectivity index (χ0n) is 10.4. The van der Waals surface area contributed by atoms with Gasteiger partial charge in [0.1, 0.15) is 0 Å². The Morgan fingerprint density at radius 1 is 1.38 bits per heavy atom. The van der Waals surface area contributed by atoms with E-state index in [1.807, 2.05) is 0 Å². The number of hydrazine groups is 1. The second-order valence-electron chi connectivity index (χ2n) is 4.21. The van der Waals surface area contributed by atoms with Crippen molar-refractivity contribution >= 4 is 11.8 Å². The van der Waals surface area contributed by atoms with Crippen molar-refractivity contribution in [1.82, 2.24) is 5.43 Å². The van der Waals surface area contributed by atoms with E-state index in [-0.39, 0.29) is 6.04 Å². The van der Waals surface area contributed by atoms with Gasteiger partial charge in [-0.05, 0) is 30.2 Å². The highest BCUT2D eigenvalue weighted by Gasteiger charge is 2.15. The molecule has 2 nitrogen and oxygen atoms in total. The van der Waals surface area contributed by atoms with E-state index in [4.69, 9.17) is 5.84 Å². The van der Waals surface area contributed by atoms with E-state index < -0.39 is 0 Å². The molecule has 0 amide bonds. The van der Waals surface area contributed by atoms with Crippen molar-refractivity contribution < 1.29 is 0 Å². The van der Waals surface area contributed by atoms with Crippen LogP contribution >= 0.6 is 11.8 Å². The topological polar surface area (TPSA) is 38.0 Å². The maximum atomic E-state index is 5.67. The van der Waals surface area contributed by atoms with Crippen molar-refractivity contribution in [3.8, 4) is 0 Å². The predicted molar refractivity (Wildman–Crippen MR) is 72.4 cm³/mol. The Hall–Kier alpha value is -0.510. The van der Waals surface area contributed by atoms with Crippen LogP contribution in [0.1, 0.15) is 38.3 Å². The first-order valence-electron chi connectivity index (χ1n) is 5.81. The summed E-state index contributed by atoms with van der Waals surface area (Å²) in [6.07, 6.45) is 4.39. The molecule has 1 aromatic carbocycles. The van der Waals surface area contributed by atoms with Crippen LogP contribution < -0.4 is 11.3 Å². The Balaban J connectivity index is 2.85. The number of nitrogens with one attached hydrogen (secondary N) is 1. The third kappa shape index (κ3) is 3.51. The van der Waals surface area contributed by atoms with E-state index in [9.17, 15) is 0 Å². The highest BCUT2D eigenvalue weighted by molar-refractivity contribution is 7.98. The van der Waals surface area contributed by atoms with Gasteiger partial charge in [0.05, 0.1) is 0 Å². The molecule has 1 rings (SSSR count). The minimum absolute atomic E-state index is 0.263. The average Bonchev–Trinajstić information content (AvgIpc) is 2.35. The molecule has 90 valence electrons. The zero-order valence-corrected chi connectivity index (χ0v) is 11.2. The minimum atomic E-state index is 0.263. The van der Waals surface area contributed by atoms with Crippen molar-refractivity contribution in [3.63, 3.8) is 0 Å². The van der Waals surface area contributed by atoms with Crippen LogP contribution in [-0.2, 0) is 0 Å². The molecular formula is C13H22N2S. The molecule has 16 heavy (non-hydrogen) atoms. The average molecular weight is 238 g/mol. The van der Waals surface area contributed by atoms with Crippen LogP contribution in [0.3, 0.4) is 0 Å². The molecule has 0 heterocycles. The minimum Gasteiger partial charge on any atom is -0.271 e. The third-order valence-corrected chi connectivity index (χ3v) is 3.86. The number of thioether (sulfide) groups is 1. The Morgan fingerprint density at radius 3 is 2.62 bits per heavy atom. The summed E-state index contributed by atoms with van der Waals surface area (Å²) in [6, 6.07) is 8.74. The van der Waals surface area contributed by atoms with Gasteiger partial charge in [-0.2, -0.15) is 0 Å². The van der Waals surface area contributed by atoms with Gasteiger partial charge in [0.15, 0.2) is 0 Å². The molecule has 3 heteroatoms. The molecule has 0 spiro atoms. The van der Waals surface area contributed by atoms with Crippen LogP contribution in [0.25, 0.3) is 0 Å². The number of rotatable bonds is 6. The van der Waals surface area contributed by atoms with Crippen molar-refractivity contribution in [2.24, 2.45) is 11.8 Å². The predicted octanol–water partition coefficient (Wildman–Crippen LogP) is 3.35. The smallest absolute Gasteiger partial charge is 0.0473 e. The van der Waals surface area contributed by atoms with Gasteiger partial charge in [-0.3, -0.25) is 11.3 Å². The van der Waals surface area contributed by atoms with Gasteiger partial charge in [-0.1, -0.05) is 38.5 Å². The van der Waals surface area contributed by atoms with Crippen LogP contribution in [0.2, 0.25) is 0 Å². The largest absolute Gasteiger partial charge is 0.271 e. The Bertz CT molecular complexity index is 315. The van der Waals surface area contributed by atoms with Crippen LogP contribution in [0, 0.1) is 5.92 Å². The van der Waals surface area contributed by atoms with Gasteiger partial charge < -0.3 is 0 Å². The highest BCUT2D eigenvalue weighted by atomic mass is 32.2. The molecule has 0 saturated carbocycles. The van der Waals surface area contributed by atoms with Gasteiger partial charge >= 0.3 is 0 Å². The van der Waals surface area contributed by atoms with Gasteiger partial charge in [-0.15, -0.1) is 11.8 Å². The number of hydrogen-bond acceptors (Lipinski definition) is 3. The van der Waals surface area contributed by atoms with Crippen molar-refractivity contribution in [2.45, 2.75) is 37.6 Å². The second-order valence-corrected chi connectivity index (χ2v) is 5.06. The van der Waals surface area contributed by atoms with E-state index in [1.165, 1.54) is 16.9 Å². The second kappa shape index (κ2) is 6.94. The fourth-order valence-corrected chi connectivity index (χ4v) is 2.47. The lowest BCUT2D eigenvalue weighted by molar-refractivity contribution is 0.404. The maximum Gasteiger partial charge on any atom is 0.0473 e. The van der Waals surface area contributed by atoms with Gasteiger partial charge in [0, 0.05) is 10.9 Å². The van der Waals surface area contributed by atoms with Gasteiger partial charge in [0.2, 0.25) is 0 Å². The van der Waals surface area contributed by atoms with E-state index in [2.05, 4.69) is 49.8 Å². The van der Waals surface area contributed by atoms with E-state index in [0.29, 0.717) is 5.92 Å².